The molecule has 0 aliphatic heterocycles. The van der Waals surface area contributed by atoms with Crippen LogP contribution in [0, 0.1) is 6.92 Å². The van der Waals surface area contributed by atoms with E-state index in [4.69, 9.17) is 23.8 Å². The van der Waals surface area contributed by atoms with E-state index in [0.29, 0.717) is 15.4 Å². The van der Waals surface area contributed by atoms with Gasteiger partial charge >= 0.3 is 0 Å². The van der Waals surface area contributed by atoms with E-state index < -0.39 is 0 Å². The highest BCUT2D eigenvalue weighted by Crippen LogP contribution is 2.22. The Morgan fingerprint density at radius 2 is 1.86 bits per heavy atom. The zero-order valence-electron chi connectivity index (χ0n) is 14.6. The Labute approximate surface area is 175 Å². The molecule has 140 valence electrons. The number of aryl methyl sites for hydroxylation is 1. The van der Waals surface area contributed by atoms with Gasteiger partial charge in [0.05, 0.1) is 10.6 Å². The topological polar surface area (TPSA) is 71.8 Å². The average molecular weight is 428 g/mol. The van der Waals surface area contributed by atoms with Gasteiger partial charge in [0, 0.05) is 10.7 Å². The first-order chi connectivity index (χ1) is 13.5. The van der Waals surface area contributed by atoms with Gasteiger partial charge in [-0.2, -0.15) is 4.80 Å². The van der Waals surface area contributed by atoms with Gasteiger partial charge in [-0.05, 0) is 72.5 Å². The highest BCUT2D eigenvalue weighted by molar-refractivity contribution is 7.80. The fourth-order valence-electron chi connectivity index (χ4n) is 2.62. The molecule has 2 N–H and O–H groups in total. The molecule has 0 saturated heterocycles. The molecule has 0 fully saturated rings. The van der Waals surface area contributed by atoms with Crippen LogP contribution in [-0.4, -0.2) is 26.0 Å². The number of nitrogens with one attached hydrogen (secondary N) is 2. The Morgan fingerprint density at radius 3 is 2.54 bits per heavy atom. The molecule has 2 aromatic heterocycles. The molecule has 9 heteroatoms. The van der Waals surface area contributed by atoms with E-state index in [-0.39, 0.29) is 11.0 Å². The Morgan fingerprint density at radius 1 is 1.14 bits per heavy atom. The second kappa shape index (κ2) is 7.67. The van der Waals surface area contributed by atoms with Gasteiger partial charge in [0.25, 0.3) is 5.91 Å². The Hall–Kier alpha value is -2.81. The lowest BCUT2D eigenvalue weighted by molar-refractivity contribution is 0.0981. The quantitative estimate of drug-likeness (QED) is 0.468. The van der Waals surface area contributed by atoms with E-state index >= 15 is 0 Å². The van der Waals surface area contributed by atoms with Crippen molar-refractivity contribution in [3.63, 3.8) is 0 Å². The lowest BCUT2D eigenvalue weighted by Crippen LogP contribution is -2.33. The van der Waals surface area contributed by atoms with E-state index in [1.807, 2.05) is 42.6 Å². The summed E-state index contributed by atoms with van der Waals surface area (Å²) < 4.78 is 0. The minimum Gasteiger partial charge on any atom is -0.332 e. The summed E-state index contributed by atoms with van der Waals surface area (Å²) in [7, 11) is 0. The maximum atomic E-state index is 12.1. The highest BCUT2D eigenvalue weighted by Gasteiger charge is 2.12. The number of halogens is 1. The minimum atomic E-state index is -0.236. The van der Waals surface area contributed by atoms with Gasteiger partial charge in [-0.3, -0.25) is 10.1 Å². The molecule has 0 aliphatic rings. The molecular weight excluding hydrogens is 414 g/mol. The molecule has 4 aromatic rings. The molecular formula is C19H14ClN5OS2. The third-order valence-corrected chi connectivity index (χ3v) is 5.33. The molecule has 0 unspecified atom stereocenters. The number of benzene rings is 2. The van der Waals surface area contributed by atoms with Crippen molar-refractivity contribution >= 4 is 62.9 Å². The molecule has 2 heterocycles. The summed E-state index contributed by atoms with van der Waals surface area (Å²) >= 11 is 12.6. The molecule has 0 atom stereocenters. The van der Waals surface area contributed by atoms with E-state index in [2.05, 4.69) is 20.8 Å². The highest BCUT2D eigenvalue weighted by atomic mass is 35.5. The number of amides is 1. The fourth-order valence-corrected chi connectivity index (χ4v) is 3.57. The predicted molar refractivity (Wildman–Crippen MR) is 117 cm³/mol. The van der Waals surface area contributed by atoms with Gasteiger partial charge in [-0.1, -0.05) is 17.7 Å². The van der Waals surface area contributed by atoms with Crippen molar-refractivity contribution in [3.8, 4) is 5.69 Å². The van der Waals surface area contributed by atoms with Crippen molar-refractivity contribution in [2.75, 3.05) is 5.32 Å². The smallest absolute Gasteiger partial charge is 0.267 e. The lowest BCUT2D eigenvalue weighted by atomic mass is 10.2. The fraction of sp³-hybridized carbons (Fsp3) is 0.0526. The number of rotatable bonds is 3. The van der Waals surface area contributed by atoms with Crippen LogP contribution in [0.4, 0.5) is 5.69 Å². The van der Waals surface area contributed by atoms with Crippen LogP contribution in [0.5, 0.6) is 0 Å². The van der Waals surface area contributed by atoms with Gasteiger partial charge in [-0.15, -0.1) is 21.5 Å². The summed E-state index contributed by atoms with van der Waals surface area (Å²) in [5, 5.41) is 17.5. The number of anilines is 1. The van der Waals surface area contributed by atoms with Crippen LogP contribution >= 0.6 is 35.2 Å². The SMILES string of the molecule is Cc1cc2nn(-c3ccc(Cl)cc3)nc2cc1NC(=S)NC(=O)c1cccs1. The van der Waals surface area contributed by atoms with Gasteiger partial charge < -0.3 is 5.32 Å². The minimum absolute atomic E-state index is 0.228. The van der Waals surface area contributed by atoms with Crippen LogP contribution in [0.3, 0.4) is 0 Å². The maximum absolute atomic E-state index is 12.1. The first-order valence-electron chi connectivity index (χ1n) is 8.29. The second-order valence-electron chi connectivity index (χ2n) is 6.01. The van der Waals surface area contributed by atoms with Crippen molar-refractivity contribution in [1.29, 1.82) is 0 Å². The lowest BCUT2D eigenvalue weighted by Gasteiger charge is -2.11. The maximum Gasteiger partial charge on any atom is 0.267 e. The van der Waals surface area contributed by atoms with Crippen LogP contribution in [0.25, 0.3) is 16.7 Å². The summed E-state index contributed by atoms with van der Waals surface area (Å²) in [5.74, 6) is -0.236. The molecule has 0 bridgehead atoms. The summed E-state index contributed by atoms with van der Waals surface area (Å²) in [4.78, 5) is 14.3. The van der Waals surface area contributed by atoms with Crippen molar-refractivity contribution < 1.29 is 4.79 Å². The van der Waals surface area contributed by atoms with Crippen LogP contribution in [0.15, 0.2) is 53.9 Å². The summed E-state index contributed by atoms with van der Waals surface area (Å²) in [6, 6.07) is 14.6. The number of thiocarbonyl (C=S) groups is 1. The second-order valence-corrected chi connectivity index (χ2v) is 7.80. The molecule has 6 nitrogen and oxygen atoms in total. The van der Waals surface area contributed by atoms with Crippen molar-refractivity contribution in [2.24, 2.45) is 0 Å². The van der Waals surface area contributed by atoms with Crippen molar-refractivity contribution in [1.82, 2.24) is 20.3 Å². The van der Waals surface area contributed by atoms with Crippen molar-refractivity contribution in [3.05, 3.63) is 69.4 Å². The first-order valence-corrected chi connectivity index (χ1v) is 9.96. The van der Waals surface area contributed by atoms with Crippen LogP contribution in [0.2, 0.25) is 5.02 Å². The van der Waals surface area contributed by atoms with E-state index in [1.54, 1.807) is 23.0 Å². The third-order valence-electron chi connectivity index (χ3n) is 4.00. The Bertz CT molecular complexity index is 1170. The average Bonchev–Trinajstić information content (AvgIpc) is 3.32. The normalized spacial score (nSPS) is 10.8. The standard InChI is InChI=1S/C19H14ClN5OS2/c1-11-9-15-16(24-25(23-15)13-6-4-12(20)5-7-13)10-14(11)21-19(27)22-18(26)17-3-2-8-28-17/h2-10H,1H3,(H2,21,22,26,27). The van der Waals surface area contributed by atoms with Crippen LogP contribution < -0.4 is 10.6 Å². The number of thiophene rings is 1. The number of hydrogen-bond acceptors (Lipinski definition) is 5. The molecule has 1 amide bonds. The van der Waals surface area contributed by atoms with E-state index in [0.717, 1.165) is 22.5 Å². The van der Waals surface area contributed by atoms with Crippen LogP contribution in [0.1, 0.15) is 15.2 Å². The Kier molecular flexibility index (Phi) is 5.08. The zero-order chi connectivity index (χ0) is 19.7. The summed E-state index contributed by atoms with van der Waals surface area (Å²) in [5.41, 5.74) is 3.96. The molecule has 28 heavy (non-hydrogen) atoms. The van der Waals surface area contributed by atoms with Gasteiger partial charge in [0.15, 0.2) is 5.11 Å². The molecule has 4 rings (SSSR count). The summed E-state index contributed by atoms with van der Waals surface area (Å²) in [6.07, 6.45) is 0. The Balaban J connectivity index is 1.56. The molecule has 0 radical (unpaired) electrons. The third kappa shape index (κ3) is 3.89. The number of nitrogens with zero attached hydrogens (tertiary/aromatic N) is 3. The van der Waals surface area contributed by atoms with Crippen LogP contribution in [-0.2, 0) is 0 Å². The molecule has 0 spiro atoms. The van der Waals surface area contributed by atoms with Crippen molar-refractivity contribution in [2.45, 2.75) is 6.92 Å². The largest absolute Gasteiger partial charge is 0.332 e. The summed E-state index contributed by atoms with van der Waals surface area (Å²) in [6.45, 7) is 1.94. The number of hydrogen-bond donors (Lipinski definition) is 2. The number of aromatic nitrogens is 3. The zero-order valence-corrected chi connectivity index (χ0v) is 17.0. The predicted octanol–water partition coefficient (Wildman–Crippen LogP) is 4.57. The molecule has 0 aliphatic carbocycles. The van der Waals surface area contributed by atoms with Gasteiger partial charge in [0.1, 0.15) is 11.0 Å². The number of carbonyl (C=O) groups is 1. The molecule has 0 saturated carbocycles. The first kappa shape index (κ1) is 18.5. The number of carbonyl (C=O) groups excluding carboxylic acids is 1. The molecule has 2 aromatic carbocycles. The van der Waals surface area contributed by atoms with Gasteiger partial charge in [-0.25, -0.2) is 0 Å². The monoisotopic (exact) mass is 427 g/mol. The van der Waals surface area contributed by atoms with E-state index in [9.17, 15) is 4.79 Å². The van der Waals surface area contributed by atoms with E-state index in [1.165, 1.54) is 11.3 Å². The van der Waals surface area contributed by atoms with Gasteiger partial charge in [0.2, 0.25) is 0 Å². The number of fused-ring (bicyclic) bond motifs is 1.